The Labute approximate surface area is 186 Å². The van der Waals surface area contributed by atoms with Gasteiger partial charge in [-0.2, -0.15) is 0 Å². The van der Waals surface area contributed by atoms with E-state index in [1.54, 1.807) is 6.07 Å². The summed E-state index contributed by atoms with van der Waals surface area (Å²) in [4.78, 5) is 24.2. The van der Waals surface area contributed by atoms with Gasteiger partial charge in [0.25, 0.3) is 5.56 Å². The maximum absolute atomic E-state index is 12.2. The van der Waals surface area contributed by atoms with E-state index in [9.17, 15) is 9.90 Å². The van der Waals surface area contributed by atoms with E-state index in [-0.39, 0.29) is 5.56 Å². The monoisotopic (exact) mass is 442 g/mol. The molecule has 3 aromatic rings. The van der Waals surface area contributed by atoms with Crippen LogP contribution in [0, 0.1) is 0 Å². The van der Waals surface area contributed by atoms with Crippen LogP contribution in [-0.2, 0) is 17.9 Å². The second kappa shape index (κ2) is 10.3. The van der Waals surface area contributed by atoms with Crippen LogP contribution in [0.4, 0.5) is 0 Å². The topological polar surface area (TPSA) is 81.7 Å². The minimum Gasteiger partial charge on any atom is -0.389 e. The van der Waals surface area contributed by atoms with Crippen molar-refractivity contribution in [3.05, 3.63) is 75.3 Å². The summed E-state index contributed by atoms with van der Waals surface area (Å²) < 4.78 is 5.64. The number of hydrogen-bond acceptors (Lipinski definition) is 6. The lowest BCUT2D eigenvalue weighted by Gasteiger charge is -2.35. The molecular weight excluding hydrogens is 416 g/mol. The predicted molar refractivity (Wildman–Crippen MR) is 121 cm³/mol. The van der Waals surface area contributed by atoms with Gasteiger partial charge >= 0.3 is 0 Å². The molecule has 2 N–H and O–H groups in total. The summed E-state index contributed by atoms with van der Waals surface area (Å²) in [5.74, 6) is 0.688. The minimum atomic E-state index is -0.530. The highest BCUT2D eigenvalue weighted by Gasteiger charge is 2.20. The summed E-state index contributed by atoms with van der Waals surface area (Å²) >= 11 is 5.88. The number of para-hydroxylation sites is 1. The molecule has 0 radical (unpaired) electrons. The number of rotatable bonds is 8. The number of hydrogen-bond donors (Lipinski definition) is 2. The Bertz CT molecular complexity index is 1050. The Kier molecular flexibility index (Phi) is 7.32. The molecule has 0 saturated carbocycles. The number of ether oxygens (including phenoxy) is 1. The maximum Gasteiger partial charge on any atom is 0.258 e. The molecule has 0 bridgehead atoms. The SMILES string of the molecule is O=c1[nH]c(CN2CCN(CC(O)COCc3ccc(Cl)cc3)CC2)nc2ccccc12. The van der Waals surface area contributed by atoms with Gasteiger partial charge in [-0.05, 0) is 29.8 Å². The molecule has 2 heterocycles. The van der Waals surface area contributed by atoms with Gasteiger partial charge in [-0.25, -0.2) is 4.98 Å². The van der Waals surface area contributed by atoms with E-state index >= 15 is 0 Å². The molecule has 0 aliphatic carbocycles. The van der Waals surface area contributed by atoms with E-state index in [4.69, 9.17) is 16.3 Å². The second-order valence-electron chi connectivity index (χ2n) is 7.90. The van der Waals surface area contributed by atoms with Crippen LogP contribution in [0.2, 0.25) is 5.02 Å². The average molecular weight is 443 g/mol. The minimum absolute atomic E-state index is 0.0963. The zero-order valence-corrected chi connectivity index (χ0v) is 18.1. The van der Waals surface area contributed by atoms with E-state index in [0.717, 1.165) is 37.3 Å². The zero-order valence-electron chi connectivity index (χ0n) is 17.3. The van der Waals surface area contributed by atoms with Crippen molar-refractivity contribution >= 4 is 22.5 Å². The fourth-order valence-corrected chi connectivity index (χ4v) is 3.92. The number of fused-ring (bicyclic) bond motifs is 1. The van der Waals surface area contributed by atoms with Crippen molar-refractivity contribution in [2.24, 2.45) is 0 Å². The molecule has 0 spiro atoms. The van der Waals surface area contributed by atoms with Crippen molar-refractivity contribution < 1.29 is 9.84 Å². The van der Waals surface area contributed by atoms with E-state index in [1.165, 1.54) is 0 Å². The highest BCUT2D eigenvalue weighted by molar-refractivity contribution is 6.30. The zero-order chi connectivity index (χ0) is 21.6. The number of benzene rings is 2. The van der Waals surface area contributed by atoms with Crippen molar-refractivity contribution in [1.29, 1.82) is 0 Å². The van der Waals surface area contributed by atoms with Gasteiger partial charge in [-0.3, -0.25) is 14.6 Å². The predicted octanol–water partition coefficient (Wildman–Crippen LogP) is 2.27. The number of nitrogens with zero attached hydrogens (tertiary/aromatic N) is 3. The smallest absolute Gasteiger partial charge is 0.258 e. The summed E-state index contributed by atoms with van der Waals surface area (Å²) in [6.45, 7) is 5.37. The van der Waals surface area contributed by atoms with Crippen LogP contribution in [-0.4, -0.2) is 70.3 Å². The van der Waals surface area contributed by atoms with Gasteiger partial charge in [0.2, 0.25) is 0 Å². The second-order valence-corrected chi connectivity index (χ2v) is 8.34. The van der Waals surface area contributed by atoms with Crippen molar-refractivity contribution in [3.63, 3.8) is 0 Å². The molecule has 1 fully saturated rings. The van der Waals surface area contributed by atoms with Gasteiger partial charge in [-0.15, -0.1) is 0 Å². The van der Waals surface area contributed by atoms with E-state index < -0.39 is 6.10 Å². The molecule has 7 nitrogen and oxygen atoms in total. The van der Waals surface area contributed by atoms with Gasteiger partial charge in [0.1, 0.15) is 5.82 Å². The first-order valence-electron chi connectivity index (χ1n) is 10.5. The molecule has 0 amide bonds. The highest BCUT2D eigenvalue weighted by atomic mass is 35.5. The van der Waals surface area contributed by atoms with E-state index in [2.05, 4.69) is 19.8 Å². The average Bonchev–Trinajstić information content (AvgIpc) is 2.77. The number of H-pyrrole nitrogens is 1. The number of piperazine rings is 1. The third kappa shape index (κ3) is 6.12. The number of aliphatic hydroxyl groups excluding tert-OH is 1. The van der Waals surface area contributed by atoms with Gasteiger partial charge in [-0.1, -0.05) is 35.9 Å². The Morgan fingerprint density at radius 3 is 2.55 bits per heavy atom. The van der Waals surface area contributed by atoms with Crippen LogP contribution >= 0.6 is 11.6 Å². The van der Waals surface area contributed by atoms with E-state index in [1.807, 2.05) is 42.5 Å². The number of aromatic amines is 1. The summed E-state index contributed by atoms with van der Waals surface area (Å²) in [5.41, 5.74) is 1.66. The Hall–Kier alpha value is -2.29. The van der Waals surface area contributed by atoms with Crippen molar-refractivity contribution in [3.8, 4) is 0 Å². The van der Waals surface area contributed by atoms with Crippen molar-refractivity contribution in [2.75, 3.05) is 39.3 Å². The normalized spacial score (nSPS) is 16.6. The standard InChI is InChI=1S/C23H27ClN4O3/c24-18-7-5-17(6-8-18)15-31-16-19(29)13-27-9-11-28(12-10-27)14-22-25-21-4-2-1-3-20(21)23(30)26-22/h1-8,19,29H,9-16H2,(H,25,26,30). The van der Waals surface area contributed by atoms with Crippen LogP contribution in [0.25, 0.3) is 10.9 Å². The van der Waals surface area contributed by atoms with Gasteiger partial charge in [0.05, 0.1) is 36.8 Å². The van der Waals surface area contributed by atoms with Crippen LogP contribution in [0.15, 0.2) is 53.3 Å². The summed E-state index contributed by atoms with van der Waals surface area (Å²) in [7, 11) is 0. The van der Waals surface area contributed by atoms with Crippen LogP contribution < -0.4 is 5.56 Å². The molecule has 31 heavy (non-hydrogen) atoms. The largest absolute Gasteiger partial charge is 0.389 e. The summed E-state index contributed by atoms with van der Waals surface area (Å²) in [6, 6.07) is 14.9. The molecule has 1 atom stereocenters. The third-order valence-corrected chi connectivity index (χ3v) is 5.71. The van der Waals surface area contributed by atoms with Crippen LogP contribution in [0.1, 0.15) is 11.4 Å². The lowest BCUT2D eigenvalue weighted by molar-refractivity contribution is 0.000720. The van der Waals surface area contributed by atoms with Crippen LogP contribution in [0.3, 0.4) is 0 Å². The molecule has 1 aliphatic rings. The Morgan fingerprint density at radius 1 is 1.06 bits per heavy atom. The highest BCUT2D eigenvalue weighted by Crippen LogP contribution is 2.11. The lowest BCUT2D eigenvalue weighted by Crippen LogP contribution is -2.48. The van der Waals surface area contributed by atoms with Gasteiger partial charge in [0, 0.05) is 37.7 Å². The summed E-state index contributed by atoms with van der Waals surface area (Å²) in [6.07, 6.45) is -0.530. The number of aliphatic hydroxyl groups is 1. The number of β-amino-alcohol motifs (C(OH)–C–C–N with tert-alkyl or cyclic N) is 1. The maximum atomic E-state index is 12.2. The number of nitrogens with one attached hydrogen (secondary N) is 1. The van der Waals surface area contributed by atoms with Gasteiger partial charge in [0.15, 0.2) is 0 Å². The molecule has 1 aliphatic heterocycles. The molecule has 1 saturated heterocycles. The molecule has 2 aromatic carbocycles. The van der Waals surface area contributed by atoms with Crippen molar-refractivity contribution in [1.82, 2.24) is 19.8 Å². The first-order chi connectivity index (χ1) is 15.1. The molecule has 8 heteroatoms. The van der Waals surface area contributed by atoms with E-state index in [0.29, 0.717) is 42.5 Å². The molecule has 164 valence electrons. The van der Waals surface area contributed by atoms with Crippen molar-refractivity contribution in [2.45, 2.75) is 19.3 Å². The fourth-order valence-electron chi connectivity index (χ4n) is 3.80. The Balaban J connectivity index is 1.20. The summed E-state index contributed by atoms with van der Waals surface area (Å²) in [5, 5.41) is 11.6. The number of aromatic nitrogens is 2. The fraction of sp³-hybridized carbons (Fsp3) is 0.391. The quantitative estimate of drug-likeness (QED) is 0.557. The first kappa shape index (κ1) is 21.9. The third-order valence-electron chi connectivity index (χ3n) is 5.46. The first-order valence-corrected chi connectivity index (χ1v) is 10.9. The molecule has 1 unspecified atom stereocenters. The molecule has 4 rings (SSSR count). The van der Waals surface area contributed by atoms with Crippen LogP contribution in [0.5, 0.6) is 0 Å². The van der Waals surface area contributed by atoms with Gasteiger partial charge < -0.3 is 14.8 Å². The lowest BCUT2D eigenvalue weighted by atomic mass is 10.2. The number of halogens is 1. The molecule has 1 aromatic heterocycles. The Morgan fingerprint density at radius 2 is 1.77 bits per heavy atom. The molecular formula is C23H27ClN4O3.